The lowest BCUT2D eigenvalue weighted by atomic mass is 10.2. The van der Waals surface area contributed by atoms with Gasteiger partial charge in [-0.15, -0.1) is 0 Å². The summed E-state index contributed by atoms with van der Waals surface area (Å²) in [7, 11) is 0. The molecule has 1 rings (SSSR count). The van der Waals surface area contributed by atoms with E-state index >= 15 is 0 Å². The standard InChI is InChI=1S/C10H9F3N2O4/c11-10(12,13)7-2-1-5(3-14-7)8(17)15-4-6(16)9(18)19/h1-3,6,16H,4H2,(H,15,17)(H,18,19)/t6-/m0/s1. The summed E-state index contributed by atoms with van der Waals surface area (Å²) in [6.07, 6.45) is -5.67. The first-order chi connectivity index (χ1) is 8.71. The van der Waals surface area contributed by atoms with Crippen LogP contribution in [0.25, 0.3) is 0 Å². The van der Waals surface area contributed by atoms with Crippen molar-refractivity contribution in [2.75, 3.05) is 6.54 Å². The normalized spacial score (nSPS) is 12.8. The van der Waals surface area contributed by atoms with E-state index in [1.165, 1.54) is 0 Å². The van der Waals surface area contributed by atoms with E-state index in [1.807, 2.05) is 5.32 Å². The van der Waals surface area contributed by atoms with Gasteiger partial charge in [-0.2, -0.15) is 13.2 Å². The van der Waals surface area contributed by atoms with E-state index in [9.17, 15) is 22.8 Å². The van der Waals surface area contributed by atoms with Crippen LogP contribution in [-0.4, -0.2) is 39.7 Å². The number of carbonyl (C=O) groups is 2. The van der Waals surface area contributed by atoms with Crippen molar-refractivity contribution in [3.8, 4) is 0 Å². The van der Waals surface area contributed by atoms with Crippen molar-refractivity contribution in [3.63, 3.8) is 0 Å². The molecule has 1 heterocycles. The summed E-state index contributed by atoms with van der Waals surface area (Å²) in [6.45, 7) is -0.560. The molecule has 9 heteroatoms. The van der Waals surface area contributed by atoms with Gasteiger partial charge in [0.15, 0.2) is 6.10 Å². The van der Waals surface area contributed by atoms with Gasteiger partial charge < -0.3 is 15.5 Å². The van der Waals surface area contributed by atoms with E-state index in [4.69, 9.17) is 10.2 Å². The third-order valence-corrected chi connectivity index (χ3v) is 2.06. The summed E-state index contributed by atoms with van der Waals surface area (Å²) < 4.78 is 36.6. The fourth-order valence-corrected chi connectivity index (χ4v) is 1.07. The summed E-state index contributed by atoms with van der Waals surface area (Å²) in [6, 6.07) is 1.53. The Morgan fingerprint density at radius 2 is 2.00 bits per heavy atom. The Balaban J connectivity index is 2.66. The quantitative estimate of drug-likeness (QED) is 0.734. The van der Waals surface area contributed by atoms with Crippen molar-refractivity contribution in [1.82, 2.24) is 10.3 Å². The van der Waals surface area contributed by atoms with Crippen molar-refractivity contribution in [2.45, 2.75) is 12.3 Å². The molecule has 0 fully saturated rings. The van der Waals surface area contributed by atoms with Gasteiger partial charge in [-0.1, -0.05) is 0 Å². The van der Waals surface area contributed by atoms with Gasteiger partial charge in [0.25, 0.3) is 5.91 Å². The van der Waals surface area contributed by atoms with Crippen LogP contribution in [-0.2, 0) is 11.0 Å². The highest BCUT2D eigenvalue weighted by Crippen LogP contribution is 2.27. The number of carboxylic acid groups (broad SMARTS) is 1. The number of rotatable bonds is 4. The second kappa shape index (κ2) is 5.65. The van der Waals surface area contributed by atoms with Gasteiger partial charge in [0.2, 0.25) is 0 Å². The Kier molecular flexibility index (Phi) is 4.43. The smallest absolute Gasteiger partial charge is 0.433 e. The highest BCUT2D eigenvalue weighted by Gasteiger charge is 2.32. The minimum absolute atomic E-state index is 0.175. The van der Waals surface area contributed by atoms with Crippen LogP contribution in [0.5, 0.6) is 0 Å². The fourth-order valence-electron chi connectivity index (χ4n) is 1.07. The predicted molar refractivity (Wildman–Crippen MR) is 55.2 cm³/mol. The lowest BCUT2D eigenvalue weighted by molar-refractivity contribution is -0.146. The van der Waals surface area contributed by atoms with Gasteiger partial charge in [0.1, 0.15) is 5.69 Å². The largest absolute Gasteiger partial charge is 0.479 e. The number of carbonyl (C=O) groups excluding carboxylic acids is 1. The average molecular weight is 278 g/mol. The molecular formula is C10H9F3N2O4. The molecule has 0 bridgehead atoms. The Hall–Kier alpha value is -2.16. The summed E-state index contributed by atoms with van der Waals surface area (Å²) in [5.41, 5.74) is -1.32. The summed E-state index contributed by atoms with van der Waals surface area (Å²) in [5.74, 6) is -2.35. The van der Waals surface area contributed by atoms with Gasteiger partial charge in [0, 0.05) is 6.20 Å². The second-order valence-electron chi connectivity index (χ2n) is 3.49. The zero-order chi connectivity index (χ0) is 14.6. The van der Waals surface area contributed by atoms with E-state index in [0.717, 1.165) is 6.07 Å². The zero-order valence-corrected chi connectivity index (χ0v) is 9.31. The number of hydrogen-bond donors (Lipinski definition) is 3. The first-order valence-corrected chi connectivity index (χ1v) is 4.94. The van der Waals surface area contributed by atoms with Gasteiger partial charge in [0.05, 0.1) is 12.1 Å². The summed E-state index contributed by atoms with van der Waals surface area (Å²) in [5, 5.41) is 19.3. The number of carboxylic acids is 1. The maximum Gasteiger partial charge on any atom is 0.433 e. The Morgan fingerprint density at radius 3 is 2.42 bits per heavy atom. The molecular weight excluding hydrogens is 269 g/mol. The molecule has 0 saturated carbocycles. The molecule has 0 unspecified atom stereocenters. The highest BCUT2D eigenvalue weighted by atomic mass is 19.4. The number of nitrogens with zero attached hydrogens (tertiary/aromatic N) is 1. The molecule has 1 amide bonds. The number of hydrogen-bond acceptors (Lipinski definition) is 4. The molecule has 0 saturated heterocycles. The molecule has 3 N–H and O–H groups in total. The minimum atomic E-state index is -4.60. The number of aliphatic carboxylic acids is 1. The number of aliphatic hydroxyl groups is 1. The van der Waals surface area contributed by atoms with Crippen LogP contribution in [0.2, 0.25) is 0 Å². The number of nitrogens with one attached hydrogen (secondary N) is 1. The molecule has 1 aromatic rings. The lowest BCUT2D eigenvalue weighted by Crippen LogP contribution is -2.36. The van der Waals surface area contributed by atoms with Crippen molar-refractivity contribution < 1.29 is 33.0 Å². The van der Waals surface area contributed by atoms with E-state index < -0.39 is 36.4 Å². The molecule has 0 radical (unpaired) electrons. The van der Waals surface area contributed by atoms with Crippen LogP contribution in [0.3, 0.4) is 0 Å². The molecule has 0 aliphatic heterocycles. The molecule has 0 aromatic carbocycles. The van der Waals surface area contributed by atoms with Crippen LogP contribution < -0.4 is 5.32 Å². The topological polar surface area (TPSA) is 99.5 Å². The number of amides is 1. The Labute approximate surface area is 104 Å². The Morgan fingerprint density at radius 1 is 1.37 bits per heavy atom. The highest BCUT2D eigenvalue weighted by molar-refractivity contribution is 5.94. The van der Waals surface area contributed by atoms with E-state index in [-0.39, 0.29) is 5.56 Å². The van der Waals surface area contributed by atoms with Crippen LogP contribution in [0.4, 0.5) is 13.2 Å². The maximum atomic E-state index is 12.2. The first-order valence-electron chi connectivity index (χ1n) is 4.94. The van der Waals surface area contributed by atoms with E-state index in [2.05, 4.69) is 4.98 Å². The molecule has 1 aromatic heterocycles. The molecule has 0 aliphatic carbocycles. The van der Waals surface area contributed by atoms with E-state index in [1.54, 1.807) is 0 Å². The van der Waals surface area contributed by atoms with Crippen molar-refractivity contribution in [3.05, 3.63) is 29.6 Å². The number of aliphatic hydroxyl groups excluding tert-OH is 1. The van der Waals surface area contributed by atoms with Crippen molar-refractivity contribution in [1.29, 1.82) is 0 Å². The summed E-state index contributed by atoms with van der Waals surface area (Å²) >= 11 is 0. The third kappa shape index (κ3) is 4.21. The summed E-state index contributed by atoms with van der Waals surface area (Å²) in [4.78, 5) is 24.7. The molecule has 1 atom stereocenters. The molecule has 19 heavy (non-hydrogen) atoms. The number of aromatic nitrogens is 1. The van der Waals surface area contributed by atoms with Gasteiger partial charge in [-0.25, -0.2) is 4.79 Å². The first kappa shape index (κ1) is 14.9. The maximum absolute atomic E-state index is 12.2. The number of halogens is 3. The van der Waals surface area contributed by atoms with E-state index in [0.29, 0.717) is 12.3 Å². The average Bonchev–Trinajstić information content (AvgIpc) is 2.34. The van der Waals surface area contributed by atoms with Crippen molar-refractivity contribution in [2.24, 2.45) is 0 Å². The van der Waals surface area contributed by atoms with Crippen molar-refractivity contribution >= 4 is 11.9 Å². The third-order valence-electron chi connectivity index (χ3n) is 2.06. The van der Waals surface area contributed by atoms with Crippen LogP contribution in [0.1, 0.15) is 16.1 Å². The predicted octanol–water partition coefficient (Wildman–Crippen LogP) is 0.276. The van der Waals surface area contributed by atoms with Crippen LogP contribution >= 0.6 is 0 Å². The monoisotopic (exact) mass is 278 g/mol. The fraction of sp³-hybridized carbons (Fsp3) is 0.300. The SMILES string of the molecule is O=C(NC[C@H](O)C(=O)O)c1ccc(C(F)(F)F)nc1. The molecule has 6 nitrogen and oxygen atoms in total. The van der Waals surface area contributed by atoms with Gasteiger partial charge >= 0.3 is 12.1 Å². The second-order valence-corrected chi connectivity index (χ2v) is 3.49. The van der Waals surface area contributed by atoms with Gasteiger partial charge in [-0.05, 0) is 12.1 Å². The van der Waals surface area contributed by atoms with Crippen LogP contribution in [0.15, 0.2) is 18.3 Å². The minimum Gasteiger partial charge on any atom is -0.479 e. The Bertz CT molecular complexity index is 473. The molecule has 0 aliphatic rings. The zero-order valence-electron chi connectivity index (χ0n) is 9.31. The van der Waals surface area contributed by atoms with Crippen LogP contribution in [0, 0.1) is 0 Å². The molecule has 104 valence electrons. The van der Waals surface area contributed by atoms with Gasteiger partial charge in [-0.3, -0.25) is 9.78 Å². The molecule has 0 spiro atoms. The number of alkyl halides is 3. The lowest BCUT2D eigenvalue weighted by Gasteiger charge is -2.09. The number of pyridine rings is 1.